The van der Waals surface area contributed by atoms with Gasteiger partial charge in [-0.1, -0.05) is 0 Å². The predicted molar refractivity (Wildman–Crippen MR) is 119 cm³/mol. The highest BCUT2D eigenvalue weighted by atomic mass is 19.4. The van der Waals surface area contributed by atoms with Gasteiger partial charge in [0.1, 0.15) is 5.56 Å². The molecule has 35 heavy (non-hydrogen) atoms. The lowest BCUT2D eigenvalue weighted by atomic mass is 9.73. The number of alkyl halides is 3. The number of likely N-dealkylation sites (tertiary alicyclic amines) is 1. The monoisotopic (exact) mass is 490 g/mol. The first-order valence-electron chi connectivity index (χ1n) is 11.0. The second-order valence-electron chi connectivity index (χ2n) is 8.85. The first-order valence-corrected chi connectivity index (χ1v) is 11.0. The summed E-state index contributed by atoms with van der Waals surface area (Å²) in [5, 5.41) is 19.3. The van der Waals surface area contributed by atoms with Gasteiger partial charge < -0.3 is 24.4 Å². The Morgan fingerprint density at radius 3 is 2.66 bits per heavy atom. The van der Waals surface area contributed by atoms with Crippen molar-refractivity contribution < 1.29 is 32.5 Å². The number of anilines is 1. The summed E-state index contributed by atoms with van der Waals surface area (Å²) in [5.41, 5.74) is -1.36. The van der Waals surface area contributed by atoms with Crippen molar-refractivity contribution in [3.05, 3.63) is 47.0 Å². The molecule has 0 unspecified atom stereocenters. The molecule has 3 heterocycles. The number of amides is 1. The number of hydrogen-bond acceptors (Lipinski definition) is 7. The molecule has 1 aromatic heterocycles. The SMILES string of the molecule is COc1ccc(C(=O)N2CC[C@@]3(CO)CN(c4ccc(C#N)c(C(F)(F)F)c4)C[C@H]3C2)c(OC)n1. The number of carbonyl (C=O) groups is 1. The van der Waals surface area contributed by atoms with Crippen LogP contribution in [0, 0.1) is 22.7 Å². The number of hydrogen-bond donors (Lipinski definition) is 1. The largest absolute Gasteiger partial charge is 0.481 e. The topological polar surface area (TPSA) is 98.9 Å². The highest BCUT2D eigenvalue weighted by Crippen LogP contribution is 2.45. The summed E-state index contributed by atoms with van der Waals surface area (Å²) in [6.45, 7) is 1.28. The van der Waals surface area contributed by atoms with E-state index < -0.39 is 22.7 Å². The molecule has 4 rings (SSSR count). The van der Waals surface area contributed by atoms with Crippen LogP contribution in [0.25, 0.3) is 0 Å². The Balaban J connectivity index is 1.57. The van der Waals surface area contributed by atoms with Crippen molar-refractivity contribution in [3.8, 4) is 17.8 Å². The maximum absolute atomic E-state index is 13.5. The predicted octanol–water partition coefficient (Wildman–Crippen LogP) is 2.95. The van der Waals surface area contributed by atoms with E-state index in [0.29, 0.717) is 44.2 Å². The number of pyridine rings is 1. The van der Waals surface area contributed by atoms with Crippen LogP contribution in [-0.4, -0.2) is 67.9 Å². The zero-order valence-electron chi connectivity index (χ0n) is 19.3. The van der Waals surface area contributed by atoms with E-state index in [1.165, 1.54) is 26.4 Å². The van der Waals surface area contributed by atoms with Gasteiger partial charge in [0.05, 0.1) is 38.0 Å². The summed E-state index contributed by atoms with van der Waals surface area (Å²) in [4.78, 5) is 20.9. The van der Waals surface area contributed by atoms with E-state index >= 15 is 0 Å². The Morgan fingerprint density at radius 2 is 2.03 bits per heavy atom. The van der Waals surface area contributed by atoms with Crippen LogP contribution in [-0.2, 0) is 6.18 Å². The van der Waals surface area contributed by atoms with E-state index in [-0.39, 0.29) is 29.9 Å². The summed E-state index contributed by atoms with van der Waals surface area (Å²) in [6.07, 6.45) is -4.17. The maximum atomic E-state index is 13.5. The van der Waals surface area contributed by atoms with Crippen molar-refractivity contribution in [2.75, 3.05) is 51.9 Å². The number of carbonyl (C=O) groups excluding carboxylic acids is 1. The molecule has 1 N–H and O–H groups in total. The molecule has 1 aromatic carbocycles. The molecular formula is C24H25F3N4O4. The van der Waals surface area contributed by atoms with E-state index in [4.69, 9.17) is 14.7 Å². The number of benzene rings is 1. The van der Waals surface area contributed by atoms with Crippen LogP contribution in [0.5, 0.6) is 11.8 Å². The van der Waals surface area contributed by atoms with E-state index in [1.54, 1.807) is 28.0 Å². The number of halogens is 3. The lowest BCUT2D eigenvalue weighted by Gasteiger charge is -2.42. The molecule has 8 nitrogen and oxygen atoms in total. The first kappa shape index (κ1) is 24.6. The fraction of sp³-hybridized carbons (Fsp3) is 0.458. The van der Waals surface area contributed by atoms with Crippen LogP contribution in [0.4, 0.5) is 18.9 Å². The number of piperidine rings is 1. The summed E-state index contributed by atoms with van der Waals surface area (Å²) >= 11 is 0. The highest BCUT2D eigenvalue weighted by molar-refractivity contribution is 5.96. The van der Waals surface area contributed by atoms with Gasteiger partial charge in [0.15, 0.2) is 0 Å². The molecular weight excluding hydrogens is 465 g/mol. The van der Waals surface area contributed by atoms with Crippen molar-refractivity contribution in [2.45, 2.75) is 12.6 Å². The number of nitrogens with zero attached hydrogens (tertiary/aromatic N) is 4. The third-order valence-electron chi connectivity index (χ3n) is 7.00. The van der Waals surface area contributed by atoms with E-state index in [9.17, 15) is 23.1 Å². The van der Waals surface area contributed by atoms with Gasteiger partial charge >= 0.3 is 6.18 Å². The highest BCUT2D eigenvalue weighted by Gasteiger charge is 2.50. The number of ether oxygens (including phenoxy) is 2. The summed E-state index contributed by atoms with van der Waals surface area (Å²) in [5.74, 6) is 0.00850. The zero-order valence-corrected chi connectivity index (χ0v) is 19.3. The quantitative estimate of drug-likeness (QED) is 0.688. The Morgan fingerprint density at radius 1 is 1.26 bits per heavy atom. The molecule has 2 aliphatic rings. The number of aromatic nitrogens is 1. The molecule has 2 saturated heterocycles. The molecule has 0 spiro atoms. The van der Waals surface area contributed by atoms with Crippen molar-refractivity contribution in [1.29, 1.82) is 5.26 Å². The van der Waals surface area contributed by atoms with Crippen LogP contribution >= 0.6 is 0 Å². The normalized spacial score (nSPS) is 21.9. The Bertz CT molecular complexity index is 1170. The number of nitriles is 1. The smallest absolute Gasteiger partial charge is 0.417 e. The van der Waals surface area contributed by atoms with Crippen molar-refractivity contribution in [2.24, 2.45) is 11.3 Å². The van der Waals surface area contributed by atoms with Crippen LogP contribution < -0.4 is 14.4 Å². The van der Waals surface area contributed by atoms with Gasteiger partial charge in [0, 0.05) is 49.3 Å². The molecule has 1 amide bonds. The minimum atomic E-state index is -4.66. The fourth-order valence-electron chi connectivity index (χ4n) is 5.01. The Kier molecular flexibility index (Phi) is 6.51. The summed E-state index contributed by atoms with van der Waals surface area (Å²) < 4.78 is 50.8. The summed E-state index contributed by atoms with van der Waals surface area (Å²) in [6, 6.07) is 8.39. The molecule has 186 valence electrons. The third kappa shape index (κ3) is 4.46. The molecule has 2 aromatic rings. The average Bonchev–Trinajstić information content (AvgIpc) is 3.26. The molecule has 0 saturated carbocycles. The van der Waals surface area contributed by atoms with Crippen molar-refractivity contribution >= 4 is 11.6 Å². The van der Waals surface area contributed by atoms with Crippen LogP contribution in [0.15, 0.2) is 30.3 Å². The molecule has 2 aliphatic heterocycles. The molecule has 0 aliphatic carbocycles. The van der Waals surface area contributed by atoms with Crippen molar-refractivity contribution in [1.82, 2.24) is 9.88 Å². The number of fused-ring (bicyclic) bond motifs is 1. The zero-order chi connectivity index (χ0) is 25.4. The fourth-order valence-corrected chi connectivity index (χ4v) is 5.01. The molecule has 2 fully saturated rings. The van der Waals surface area contributed by atoms with Gasteiger partial charge in [0.2, 0.25) is 11.8 Å². The second-order valence-corrected chi connectivity index (χ2v) is 8.85. The van der Waals surface area contributed by atoms with Crippen molar-refractivity contribution in [3.63, 3.8) is 0 Å². The van der Waals surface area contributed by atoms with Crippen LogP contribution in [0.1, 0.15) is 27.9 Å². The Hall–Kier alpha value is -3.52. The van der Waals surface area contributed by atoms with Crippen LogP contribution in [0.3, 0.4) is 0 Å². The summed E-state index contributed by atoms with van der Waals surface area (Å²) in [7, 11) is 2.87. The van der Waals surface area contributed by atoms with Gasteiger partial charge in [-0.3, -0.25) is 4.79 Å². The number of rotatable bonds is 5. The first-order chi connectivity index (χ1) is 16.7. The minimum absolute atomic E-state index is 0.138. The molecule has 11 heteroatoms. The minimum Gasteiger partial charge on any atom is -0.481 e. The van der Waals surface area contributed by atoms with E-state index in [1.807, 2.05) is 0 Å². The van der Waals surface area contributed by atoms with Gasteiger partial charge in [-0.05, 0) is 30.7 Å². The van der Waals surface area contributed by atoms with E-state index in [0.717, 1.165) is 6.07 Å². The third-order valence-corrected chi connectivity index (χ3v) is 7.00. The standard InChI is InChI=1S/C24H25F3N4O4/c1-34-20-6-5-18(21(29-20)35-2)22(33)30-8-7-23(14-32)13-31(12-16(23)11-30)17-4-3-15(10-28)19(9-17)24(25,26)27/h3-6,9,16,32H,7-8,11-14H2,1-2H3/t16-,23+/m1/s1. The number of aliphatic hydroxyl groups excluding tert-OH is 1. The van der Waals surface area contributed by atoms with Gasteiger partial charge in [-0.25, -0.2) is 0 Å². The van der Waals surface area contributed by atoms with Gasteiger partial charge in [-0.2, -0.15) is 23.4 Å². The van der Waals surface area contributed by atoms with Crippen LogP contribution in [0.2, 0.25) is 0 Å². The van der Waals surface area contributed by atoms with Gasteiger partial charge in [0.25, 0.3) is 5.91 Å². The molecule has 2 atom stereocenters. The Labute approximate surface area is 200 Å². The number of aliphatic hydroxyl groups is 1. The second kappa shape index (κ2) is 9.26. The maximum Gasteiger partial charge on any atom is 0.417 e. The van der Waals surface area contributed by atoms with E-state index in [2.05, 4.69) is 4.98 Å². The van der Waals surface area contributed by atoms with Gasteiger partial charge in [-0.15, -0.1) is 0 Å². The lowest BCUT2D eigenvalue weighted by Crippen LogP contribution is -2.50. The lowest BCUT2D eigenvalue weighted by molar-refractivity contribution is -0.137. The average molecular weight is 490 g/mol. The molecule has 0 bridgehead atoms. The molecule has 0 radical (unpaired) electrons. The number of methoxy groups -OCH3 is 2.